The minimum atomic E-state index is -0.674. The lowest BCUT2D eigenvalue weighted by Crippen LogP contribution is -2.51. The fourth-order valence-electron chi connectivity index (χ4n) is 4.68. The van der Waals surface area contributed by atoms with Gasteiger partial charge >= 0.3 is 12.2 Å². The van der Waals surface area contributed by atoms with Crippen LogP contribution >= 0.6 is 0 Å². The van der Waals surface area contributed by atoms with Gasteiger partial charge in [-0.2, -0.15) is 0 Å². The summed E-state index contributed by atoms with van der Waals surface area (Å²) >= 11 is 0. The van der Waals surface area contributed by atoms with E-state index in [1.807, 2.05) is 74.5 Å². The highest BCUT2D eigenvalue weighted by Crippen LogP contribution is 2.33. The van der Waals surface area contributed by atoms with E-state index in [9.17, 15) is 14.4 Å². The van der Waals surface area contributed by atoms with Crippen molar-refractivity contribution in [1.82, 2.24) is 9.80 Å². The molecule has 0 saturated carbocycles. The molecule has 2 aromatic rings. The highest BCUT2D eigenvalue weighted by Gasteiger charge is 2.45. The zero-order valence-electron chi connectivity index (χ0n) is 21.6. The minimum absolute atomic E-state index is 0.0112. The molecule has 0 aliphatic carbocycles. The molecule has 0 unspecified atom stereocenters. The first-order valence-corrected chi connectivity index (χ1v) is 12.3. The molecule has 8 nitrogen and oxygen atoms in total. The second-order valence-electron chi connectivity index (χ2n) is 9.22. The number of nitrogens with zero attached hydrogens (tertiary/aromatic N) is 2. The molecule has 1 saturated heterocycles. The van der Waals surface area contributed by atoms with E-state index in [1.165, 1.54) is 12.0 Å². The van der Waals surface area contributed by atoms with Gasteiger partial charge in [0.1, 0.15) is 12.7 Å². The molecule has 1 aliphatic rings. The minimum Gasteiger partial charge on any atom is -0.445 e. The molecule has 2 aromatic carbocycles. The molecule has 0 radical (unpaired) electrons. The second kappa shape index (κ2) is 12.5. The average molecular weight is 497 g/mol. The monoisotopic (exact) mass is 496 g/mol. The van der Waals surface area contributed by atoms with Gasteiger partial charge in [0.2, 0.25) is 5.91 Å². The van der Waals surface area contributed by atoms with Gasteiger partial charge in [0.05, 0.1) is 24.6 Å². The van der Waals surface area contributed by atoms with E-state index in [2.05, 4.69) is 0 Å². The van der Waals surface area contributed by atoms with Gasteiger partial charge in [-0.25, -0.2) is 14.5 Å². The molecule has 1 aliphatic heterocycles. The van der Waals surface area contributed by atoms with Gasteiger partial charge in [-0.15, -0.1) is 0 Å². The maximum atomic E-state index is 13.3. The predicted octanol–water partition coefficient (Wildman–Crippen LogP) is 5.18. The summed E-state index contributed by atoms with van der Waals surface area (Å²) < 4.78 is 16.8. The van der Waals surface area contributed by atoms with Crippen molar-refractivity contribution >= 4 is 18.1 Å². The van der Waals surface area contributed by atoms with Crippen molar-refractivity contribution in [3.8, 4) is 0 Å². The predicted molar refractivity (Wildman–Crippen MR) is 135 cm³/mol. The third kappa shape index (κ3) is 6.23. The molecule has 1 heterocycles. The zero-order valence-corrected chi connectivity index (χ0v) is 21.6. The summed E-state index contributed by atoms with van der Waals surface area (Å²) in [6.45, 7) is 5.95. The van der Waals surface area contributed by atoms with Crippen LogP contribution in [0.25, 0.3) is 0 Å². The number of carbonyl (C=O) groups excluding carboxylic acids is 3. The summed E-state index contributed by atoms with van der Waals surface area (Å²) in [7, 11) is 3.16. The van der Waals surface area contributed by atoms with Crippen LogP contribution in [0.15, 0.2) is 60.7 Å². The second-order valence-corrected chi connectivity index (χ2v) is 9.22. The molecule has 5 atom stereocenters. The summed E-state index contributed by atoms with van der Waals surface area (Å²) in [4.78, 5) is 41.6. The standard InChI is InChI=1S/C28H36N2O6/c1-6-19(2)25(29(4)27(32)35-18-21-13-9-7-10-14-21)23(34-5)17-24(31)30-20(3)26(36-28(30)33)22-15-11-8-12-16-22/h7-16,19-20,23,25-26H,6,17-18H2,1-5H3/t19-,20+,23+,25-,26+/m0/s1. The Morgan fingerprint density at radius 3 is 2.28 bits per heavy atom. The van der Waals surface area contributed by atoms with Crippen molar-refractivity contribution in [2.45, 2.75) is 64.5 Å². The zero-order chi connectivity index (χ0) is 26.2. The largest absolute Gasteiger partial charge is 0.445 e. The SMILES string of the molecule is CC[C@H](C)[C@@H]([C@@H](CC(=O)N1C(=O)O[C@@H](c2ccccc2)[C@H]1C)OC)N(C)C(=O)OCc1ccccc1. The van der Waals surface area contributed by atoms with Gasteiger partial charge in [0.25, 0.3) is 0 Å². The molecule has 36 heavy (non-hydrogen) atoms. The third-order valence-corrected chi connectivity index (χ3v) is 6.89. The van der Waals surface area contributed by atoms with Crippen LogP contribution in [0.3, 0.4) is 0 Å². The van der Waals surface area contributed by atoms with Crippen LogP contribution in [0.2, 0.25) is 0 Å². The smallest absolute Gasteiger partial charge is 0.417 e. The van der Waals surface area contributed by atoms with Crippen molar-refractivity contribution in [1.29, 1.82) is 0 Å². The van der Waals surface area contributed by atoms with Crippen LogP contribution in [0.4, 0.5) is 9.59 Å². The number of cyclic esters (lactones) is 1. The van der Waals surface area contributed by atoms with E-state index in [1.54, 1.807) is 14.0 Å². The van der Waals surface area contributed by atoms with Crippen LogP contribution in [0.1, 0.15) is 50.8 Å². The van der Waals surface area contributed by atoms with Gasteiger partial charge in [-0.3, -0.25) is 4.79 Å². The number of hydrogen-bond acceptors (Lipinski definition) is 6. The highest BCUT2D eigenvalue weighted by atomic mass is 16.6. The summed E-state index contributed by atoms with van der Waals surface area (Å²) in [6, 6.07) is 17.9. The van der Waals surface area contributed by atoms with E-state index < -0.39 is 42.4 Å². The number of ether oxygens (including phenoxy) is 3. The van der Waals surface area contributed by atoms with Crippen LogP contribution in [-0.2, 0) is 25.6 Å². The van der Waals surface area contributed by atoms with E-state index in [0.717, 1.165) is 22.4 Å². The summed E-state index contributed by atoms with van der Waals surface area (Å²) in [5, 5.41) is 0. The number of hydrogen-bond donors (Lipinski definition) is 0. The van der Waals surface area contributed by atoms with Crippen LogP contribution < -0.4 is 0 Å². The molecule has 0 bridgehead atoms. The Morgan fingerprint density at radius 2 is 1.69 bits per heavy atom. The Bertz CT molecular complexity index is 1020. The Kier molecular flexibility index (Phi) is 9.47. The lowest BCUT2D eigenvalue weighted by atomic mass is 9.91. The van der Waals surface area contributed by atoms with Gasteiger partial charge in [-0.1, -0.05) is 80.9 Å². The fourth-order valence-corrected chi connectivity index (χ4v) is 4.68. The van der Waals surface area contributed by atoms with Crippen LogP contribution in [0, 0.1) is 5.92 Å². The third-order valence-electron chi connectivity index (χ3n) is 6.89. The average Bonchev–Trinajstić information content (AvgIpc) is 3.20. The van der Waals surface area contributed by atoms with Crippen LogP contribution in [-0.4, -0.2) is 60.2 Å². The van der Waals surface area contributed by atoms with E-state index in [-0.39, 0.29) is 18.9 Å². The van der Waals surface area contributed by atoms with E-state index in [4.69, 9.17) is 14.2 Å². The number of rotatable bonds is 10. The Balaban J connectivity index is 1.71. The van der Waals surface area contributed by atoms with Crippen molar-refractivity contribution < 1.29 is 28.6 Å². The molecule has 3 amide bonds. The van der Waals surface area contributed by atoms with Gasteiger partial charge in [0.15, 0.2) is 0 Å². The molecule has 8 heteroatoms. The van der Waals surface area contributed by atoms with Crippen molar-refractivity contribution in [3.63, 3.8) is 0 Å². The Hall–Kier alpha value is -3.39. The first-order chi connectivity index (χ1) is 17.3. The molecule has 0 spiro atoms. The van der Waals surface area contributed by atoms with Gasteiger partial charge in [-0.05, 0) is 24.0 Å². The maximum Gasteiger partial charge on any atom is 0.417 e. The Morgan fingerprint density at radius 1 is 1.08 bits per heavy atom. The fraction of sp³-hybridized carbons (Fsp3) is 0.464. The number of carbonyl (C=O) groups is 3. The molecule has 1 fully saturated rings. The number of imide groups is 1. The van der Waals surface area contributed by atoms with E-state index in [0.29, 0.717) is 0 Å². The van der Waals surface area contributed by atoms with Crippen molar-refractivity contribution in [2.75, 3.05) is 14.2 Å². The first kappa shape index (κ1) is 27.2. The molecular formula is C28H36N2O6. The number of methoxy groups -OCH3 is 1. The van der Waals surface area contributed by atoms with Crippen molar-refractivity contribution in [2.24, 2.45) is 5.92 Å². The molecular weight excluding hydrogens is 460 g/mol. The molecule has 0 N–H and O–H groups in total. The molecule has 194 valence electrons. The van der Waals surface area contributed by atoms with Crippen LogP contribution in [0.5, 0.6) is 0 Å². The highest BCUT2D eigenvalue weighted by molar-refractivity contribution is 5.94. The lowest BCUT2D eigenvalue weighted by molar-refractivity contribution is -0.133. The maximum absolute atomic E-state index is 13.3. The Labute approximate surface area is 213 Å². The number of amides is 3. The summed E-state index contributed by atoms with van der Waals surface area (Å²) in [5.41, 5.74) is 1.71. The quantitative estimate of drug-likeness (QED) is 0.450. The van der Waals surface area contributed by atoms with E-state index >= 15 is 0 Å². The molecule has 0 aromatic heterocycles. The van der Waals surface area contributed by atoms with Gasteiger partial charge in [0, 0.05) is 14.2 Å². The number of benzene rings is 2. The van der Waals surface area contributed by atoms with Gasteiger partial charge < -0.3 is 19.1 Å². The summed E-state index contributed by atoms with van der Waals surface area (Å²) in [6.07, 6.45) is -1.68. The number of likely N-dealkylation sites (N-methyl/N-ethyl adjacent to an activating group) is 1. The van der Waals surface area contributed by atoms with Crippen molar-refractivity contribution in [3.05, 3.63) is 71.8 Å². The summed E-state index contributed by atoms with van der Waals surface area (Å²) in [5.74, 6) is -0.394. The topological polar surface area (TPSA) is 85.4 Å². The first-order valence-electron chi connectivity index (χ1n) is 12.3. The lowest BCUT2D eigenvalue weighted by Gasteiger charge is -2.37. The normalized spacial score (nSPS) is 19.8. The molecule has 3 rings (SSSR count).